The van der Waals surface area contributed by atoms with Gasteiger partial charge in [0.1, 0.15) is 5.82 Å². The highest BCUT2D eigenvalue weighted by atomic mass is 32.2. The van der Waals surface area contributed by atoms with Crippen LogP contribution in [0.25, 0.3) is 0 Å². The quantitative estimate of drug-likeness (QED) is 0.540. The van der Waals surface area contributed by atoms with E-state index in [1.54, 1.807) is 50.5 Å². The summed E-state index contributed by atoms with van der Waals surface area (Å²) in [5, 5.41) is 2.60. The van der Waals surface area contributed by atoms with Crippen LogP contribution in [0.5, 0.6) is 0 Å². The van der Waals surface area contributed by atoms with Gasteiger partial charge in [0.25, 0.3) is 5.91 Å². The second kappa shape index (κ2) is 10.5. The second-order valence-electron chi connectivity index (χ2n) is 6.05. The SMILES string of the molecule is CN(C)C(=O)CSc1ccccc1C(=O)OCC(=O)NCc1ccc(F)cc1. The van der Waals surface area contributed by atoms with Crippen LogP contribution in [0.3, 0.4) is 0 Å². The van der Waals surface area contributed by atoms with E-state index in [-0.39, 0.29) is 24.0 Å². The molecule has 2 amide bonds. The highest BCUT2D eigenvalue weighted by Gasteiger charge is 2.16. The van der Waals surface area contributed by atoms with Gasteiger partial charge in [-0.3, -0.25) is 9.59 Å². The van der Waals surface area contributed by atoms with Gasteiger partial charge >= 0.3 is 5.97 Å². The molecular formula is C20H21FN2O4S. The monoisotopic (exact) mass is 404 g/mol. The molecule has 0 saturated carbocycles. The van der Waals surface area contributed by atoms with Gasteiger partial charge in [-0.1, -0.05) is 24.3 Å². The lowest BCUT2D eigenvalue weighted by molar-refractivity contribution is -0.126. The van der Waals surface area contributed by atoms with Crippen molar-refractivity contribution < 1.29 is 23.5 Å². The van der Waals surface area contributed by atoms with E-state index in [9.17, 15) is 18.8 Å². The third-order valence-corrected chi connectivity index (χ3v) is 4.75. The summed E-state index contributed by atoms with van der Waals surface area (Å²) in [6, 6.07) is 12.5. The predicted molar refractivity (Wildman–Crippen MR) is 104 cm³/mol. The van der Waals surface area contributed by atoms with Crippen LogP contribution in [0.2, 0.25) is 0 Å². The lowest BCUT2D eigenvalue weighted by Gasteiger charge is -2.12. The molecule has 6 nitrogen and oxygen atoms in total. The maximum Gasteiger partial charge on any atom is 0.339 e. The number of carbonyl (C=O) groups is 3. The van der Waals surface area contributed by atoms with Crippen LogP contribution in [-0.4, -0.2) is 49.1 Å². The number of halogens is 1. The Labute approximate surface area is 167 Å². The summed E-state index contributed by atoms with van der Waals surface area (Å²) in [5.41, 5.74) is 1.03. The molecule has 8 heteroatoms. The smallest absolute Gasteiger partial charge is 0.339 e. The minimum atomic E-state index is -0.641. The number of amides is 2. The molecular weight excluding hydrogens is 383 g/mol. The number of rotatable bonds is 8. The maximum absolute atomic E-state index is 12.9. The molecule has 0 heterocycles. The van der Waals surface area contributed by atoms with Gasteiger partial charge in [0.05, 0.1) is 11.3 Å². The summed E-state index contributed by atoms with van der Waals surface area (Å²) >= 11 is 1.23. The standard InChI is InChI=1S/C20H21FN2O4S/c1-23(2)19(25)13-28-17-6-4-3-5-16(17)20(26)27-12-18(24)22-11-14-7-9-15(21)10-8-14/h3-10H,11-13H2,1-2H3,(H,22,24). The number of nitrogens with one attached hydrogen (secondary N) is 1. The highest BCUT2D eigenvalue weighted by Crippen LogP contribution is 2.23. The van der Waals surface area contributed by atoms with Crippen molar-refractivity contribution in [2.75, 3.05) is 26.5 Å². The number of hydrogen-bond acceptors (Lipinski definition) is 5. The van der Waals surface area contributed by atoms with Crippen LogP contribution >= 0.6 is 11.8 Å². The van der Waals surface area contributed by atoms with Gasteiger partial charge in [-0.25, -0.2) is 9.18 Å². The third kappa shape index (κ3) is 6.70. The molecule has 0 spiro atoms. The molecule has 1 N–H and O–H groups in total. The second-order valence-corrected chi connectivity index (χ2v) is 7.07. The number of hydrogen-bond donors (Lipinski definition) is 1. The first kappa shape index (κ1) is 21.4. The van der Waals surface area contributed by atoms with Gasteiger partial charge in [-0.2, -0.15) is 0 Å². The van der Waals surface area contributed by atoms with Crippen LogP contribution in [0.1, 0.15) is 15.9 Å². The molecule has 0 unspecified atom stereocenters. The van der Waals surface area contributed by atoms with Crippen LogP contribution in [0.15, 0.2) is 53.4 Å². The molecule has 0 fully saturated rings. The Morgan fingerprint density at radius 1 is 1.07 bits per heavy atom. The molecule has 2 rings (SSSR count). The van der Waals surface area contributed by atoms with Crippen LogP contribution in [0, 0.1) is 5.82 Å². The molecule has 0 atom stereocenters. The van der Waals surface area contributed by atoms with E-state index in [1.165, 1.54) is 28.8 Å². The number of thioether (sulfide) groups is 1. The predicted octanol–water partition coefficient (Wildman–Crippen LogP) is 2.48. The summed E-state index contributed by atoms with van der Waals surface area (Å²) in [6.07, 6.45) is 0. The molecule has 0 saturated heterocycles. The molecule has 148 valence electrons. The van der Waals surface area contributed by atoms with Gasteiger partial charge < -0.3 is 15.0 Å². The van der Waals surface area contributed by atoms with Gasteiger partial charge in [-0.15, -0.1) is 11.8 Å². The van der Waals surface area contributed by atoms with E-state index in [0.717, 1.165) is 5.56 Å². The van der Waals surface area contributed by atoms with Crippen LogP contribution < -0.4 is 5.32 Å². The summed E-state index contributed by atoms with van der Waals surface area (Å²) in [4.78, 5) is 38.0. The van der Waals surface area contributed by atoms with Crippen molar-refractivity contribution in [3.05, 3.63) is 65.5 Å². The zero-order valence-corrected chi connectivity index (χ0v) is 16.4. The summed E-state index contributed by atoms with van der Waals surface area (Å²) < 4.78 is 17.9. The van der Waals surface area contributed by atoms with E-state index in [4.69, 9.17) is 4.74 Å². The first-order valence-electron chi connectivity index (χ1n) is 8.47. The van der Waals surface area contributed by atoms with Crippen molar-refractivity contribution in [1.82, 2.24) is 10.2 Å². The van der Waals surface area contributed by atoms with E-state index in [1.807, 2.05) is 0 Å². The normalized spacial score (nSPS) is 10.2. The summed E-state index contributed by atoms with van der Waals surface area (Å²) in [6.45, 7) is -0.231. The van der Waals surface area contributed by atoms with E-state index < -0.39 is 18.5 Å². The average molecular weight is 404 g/mol. The molecule has 0 aliphatic carbocycles. The molecule has 2 aromatic rings. The minimum absolute atomic E-state index is 0.0756. The van der Waals surface area contributed by atoms with Gasteiger partial charge in [-0.05, 0) is 29.8 Å². The molecule has 0 bridgehead atoms. The average Bonchev–Trinajstić information content (AvgIpc) is 2.69. The largest absolute Gasteiger partial charge is 0.452 e. The lowest BCUT2D eigenvalue weighted by atomic mass is 10.2. The number of nitrogens with zero attached hydrogens (tertiary/aromatic N) is 1. The Hall–Kier alpha value is -2.87. The maximum atomic E-state index is 12.9. The van der Waals surface area contributed by atoms with Gasteiger partial charge in [0.15, 0.2) is 6.61 Å². The zero-order chi connectivity index (χ0) is 20.5. The van der Waals surface area contributed by atoms with E-state index in [0.29, 0.717) is 10.5 Å². The fraction of sp³-hybridized carbons (Fsp3) is 0.250. The molecule has 0 radical (unpaired) electrons. The molecule has 0 aliphatic heterocycles. The number of benzene rings is 2. The minimum Gasteiger partial charge on any atom is -0.452 e. The Balaban J connectivity index is 1.86. The fourth-order valence-electron chi connectivity index (χ4n) is 2.09. The number of carbonyl (C=O) groups excluding carboxylic acids is 3. The fourth-order valence-corrected chi connectivity index (χ4v) is 3.11. The molecule has 28 heavy (non-hydrogen) atoms. The first-order valence-corrected chi connectivity index (χ1v) is 9.45. The number of esters is 1. The van der Waals surface area contributed by atoms with Crippen molar-refractivity contribution in [3.63, 3.8) is 0 Å². The summed E-state index contributed by atoms with van der Waals surface area (Å²) in [5.74, 6) is -1.35. The van der Waals surface area contributed by atoms with Crippen LogP contribution in [0.4, 0.5) is 4.39 Å². The van der Waals surface area contributed by atoms with E-state index >= 15 is 0 Å². The van der Waals surface area contributed by atoms with Gasteiger partial charge in [0.2, 0.25) is 5.91 Å². The lowest BCUT2D eigenvalue weighted by Crippen LogP contribution is -2.28. The Bertz CT molecular complexity index is 840. The van der Waals surface area contributed by atoms with Crippen molar-refractivity contribution in [3.8, 4) is 0 Å². The Morgan fingerprint density at radius 2 is 1.75 bits per heavy atom. The topological polar surface area (TPSA) is 75.7 Å². The van der Waals surface area contributed by atoms with Crippen molar-refractivity contribution in [2.24, 2.45) is 0 Å². The van der Waals surface area contributed by atoms with Crippen LogP contribution in [-0.2, 0) is 20.9 Å². The first-order chi connectivity index (χ1) is 13.4. The molecule has 0 aromatic heterocycles. The van der Waals surface area contributed by atoms with Crippen molar-refractivity contribution in [1.29, 1.82) is 0 Å². The Morgan fingerprint density at radius 3 is 2.43 bits per heavy atom. The van der Waals surface area contributed by atoms with Crippen molar-refractivity contribution >= 4 is 29.5 Å². The van der Waals surface area contributed by atoms with Gasteiger partial charge in [0, 0.05) is 25.5 Å². The highest BCUT2D eigenvalue weighted by molar-refractivity contribution is 8.00. The molecule has 0 aliphatic rings. The molecule has 2 aromatic carbocycles. The summed E-state index contributed by atoms with van der Waals surface area (Å²) in [7, 11) is 3.32. The zero-order valence-electron chi connectivity index (χ0n) is 15.6. The number of ether oxygens (including phenoxy) is 1. The third-order valence-electron chi connectivity index (χ3n) is 3.69. The van der Waals surface area contributed by atoms with Crippen molar-refractivity contribution in [2.45, 2.75) is 11.4 Å². The van der Waals surface area contributed by atoms with E-state index in [2.05, 4.69) is 5.32 Å². The Kier molecular flexibility index (Phi) is 8.01.